The lowest BCUT2D eigenvalue weighted by Crippen LogP contribution is -2.10. The van der Waals surface area contributed by atoms with Crippen molar-refractivity contribution in [1.82, 2.24) is 14.5 Å². The number of anilines is 1. The van der Waals surface area contributed by atoms with Crippen molar-refractivity contribution >= 4 is 31.7 Å². The molecule has 0 unspecified atom stereocenters. The van der Waals surface area contributed by atoms with E-state index in [1.165, 1.54) is 12.1 Å². The lowest BCUT2D eigenvalue weighted by molar-refractivity contribution is 0.340. The number of hydrogen-bond acceptors (Lipinski definition) is 7. The van der Waals surface area contributed by atoms with Gasteiger partial charge in [0.2, 0.25) is 26.6 Å². The molecule has 1 N–H and O–H groups in total. The van der Waals surface area contributed by atoms with Gasteiger partial charge in [0.25, 0.3) is 0 Å². The summed E-state index contributed by atoms with van der Waals surface area (Å²) in [6, 6.07) is 13.6. The highest BCUT2D eigenvalue weighted by Crippen LogP contribution is 2.33. The number of nitrogens with zero attached hydrogens (tertiary/aromatic N) is 3. The van der Waals surface area contributed by atoms with Crippen LogP contribution in [0.3, 0.4) is 0 Å². The summed E-state index contributed by atoms with van der Waals surface area (Å²) in [5.41, 5.74) is 0.650. The highest BCUT2D eigenvalue weighted by atomic mass is 79.9. The van der Waals surface area contributed by atoms with E-state index in [0.717, 1.165) is 17.4 Å². The molecule has 0 saturated carbocycles. The second-order valence-electron chi connectivity index (χ2n) is 7.15. The summed E-state index contributed by atoms with van der Waals surface area (Å²) in [6.45, 7) is 3.70. The smallest absolute Gasteiger partial charge is 0.233 e. The van der Waals surface area contributed by atoms with Crippen molar-refractivity contribution in [3.05, 3.63) is 71.7 Å². The zero-order valence-corrected chi connectivity index (χ0v) is 20.3. The van der Waals surface area contributed by atoms with Crippen LogP contribution < -0.4 is 10.1 Å². The molecule has 0 amide bonds. The molecule has 0 aliphatic heterocycles. The summed E-state index contributed by atoms with van der Waals surface area (Å²) in [6.07, 6.45) is 6.08. The average molecular weight is 531 g/mol. The van der Waals surface area contributed by atoms with E-state index in [1.54, 1.807) is 48.9 Å². The maximum Gasteiger partial charge on any atom is 0.233 e. The van der Waals surface area contributed by atoms with Gasteiger partial charge in [-0.1, -0.05) is 15.9 Å². The molecule has 0 aliphatic carbocycles. The third-order valence-corrected chi connectivity index (χ3v) is 7.03. The third-order valence-electron chi connectivity index (χ3n) is 4.82. The number of rotatable bonds is 10. The fourth-order valence-corrected chi connectivity index (χ4v) is 4.73. The van der Waals surface area contributed by atoms with Gasteiger partial charge in [0.15, 0.2) is 0 Å². The minimum absolute atomic E-state index is 0.118. The molecule has 2 heterocycles. The quantitative estimate of drug-likeness (QED) is 0.287. The fraction of sp³-hybridized carbons (Fsp3) is 0.217. The molecule has 10 heteroatoms. The van der Waals surface area contributed by atoms with E-state index in [-0.39, 0.29) is 21.7 Å². The van der Waals surface area contributed by atoms with Crippen LogP contribution in [0.4, 0.5) is 5.88 Å². The molecule has 0 bridgehead atoms. The third kappa shape index (κ3) is 5.45. The Labute approximate surface area is 200 Å². The predicted molar refractivity (Wildman–Crippen MR) is 128 cm³/mol. The number of halogens is 1. The molecule has 172 valence electrons. The van der Waals surface area contributed by atoms with Gasteiger partial charge in [-0.2, -0.15) is 4.98 Å². The van der Waals surface area contributed by atoms with Crippen molar-refractivity contribution in [2.45, 2.75) is 29.8 Å². The number of sulfone groups is 1. The van der Waals surface area contributed by atoms with E-state index in [9.17, 15) is 8.42 Å². The van der Waals surface area contributed by atoms with Gasteiger partial charge in [-0.3, -0.25) is 0 Å². The summed E-state index contributed by atoms with van der Waals surface area (Å²) >= 11 is 3.33. The van der Waals surface area contributed by atoms with Crippen LogP contribution >= 0.6 is 15.9 Å². The molecule has 0 aliphatic rings. The first kappa shape index (κ1) is 23.1. The first-order chi connectivity index (χ1) is 16.0. The molecule has 8 nitrogen and oxygen atoms in total. The first-order valence-corrected chi connectivity index (χ1v) is 12.7. The molecule has 0 fully saturated rings. The van der Waals surface area contributed by atoms with E-state index in [1.807, 2.05) is 17.7 Å². The summed E-state index contributed by atoms with van der Waals surface area (Å²) in [5, 5.41) is 2.97. The van der Waals surface area contributed by atoms with Crippen molar-refractivity contribution < 1.29 is 17.6 Å². The molecule has 0 saturated heterocycles. The van der Waals surface area contributed by atoms with Gasteiger partial charge in [-0.05, 0) is 61.9 Å². The maximum absolute atomic E-state index is 13.4. The first-order valence-electron chi connectivity index (χ1n) is 10.4. The van der Waals surface area contributed by atoms with Gasteiger partial charge in [0.1, 0.15) is 5.75 Å². The van der Waals surface area contributed by atoms with Crippen LogP contribution in [0.2, 0.25) is 0 Å². The number of aryl methyl sites for hydroxylation is 1. The minimum Gasteiger partial charge on any atom is -0.494 e. The van der Waals surface area contributed by atoms with Gasteiger partial charge in [-0.15, -0.1) is 0 Å². The fourth-order valence-electron chi connectivity index (χ4n) is 3.19. The summed E-state index contributed by atoms with van der Waals surface area (Å²) in [5.74, 6) is 1.05. The van der Waals surface area contributed by atoms with Crippen LogP contribution in [-0.4, -0.2) is 36.1 Å². The van der Waals surface area contributed by atoms with Gasteiger partial charge in [0.05, 0.1) is 17.8 Å². The van der Waals surface area contributed by atoms with Gasteiger partial charge < -0.3 is 19.0 Å². The monoisotopic (exact) mass is 530 g/mol. The number of aromatic nitrogens is 3. The normalized spacial score (nSPS) is 11.5. The second kappa shape index (κ2) is 10.2. The van der Waals surface area contributed by atoms with E-state index >= 15 is 0 Å². The van der Waals surface area contributed by atoms with Gasteiger partial charge >= 0.3 is 0 Å². The van der Waals surface area contributed by atoms with E-state index in [2.05, 4.69) is 31.2 Å². The zero-order chi connectivity index (χ0) is 23.3. The van der Waals surface area contributed by atoms with Crippen LogP contribution in [0.15, 0.2) is 86.1 Å². The standard InChI is InChI=1S/C23H23BrN4O4S/c1-2-31-19-8-4-17(5-9-19)21-27-23(33(29,30)20-10-6-18(24)7-11-20)22(32-21)26-12-3-14-28-15-13-25-16-28/h4-11,13,15-16,26H,2-3,12,14H2,1H3. The Balaban J connectivity index is 1.62. The predicted octanol–water partition coefficient (Wildman–Crippen LogP) is 5.03. The van der Waals surface area contributed by atoms with Crippen molar-refractivity contribution in [2.24, 2.45) is 0 Å². The SMILES string of the molecule is CCOc1ccc(-c2nc(S(=O)(=O)c3ccc(Br)cc3)c(NCCCn3ccnc3)o2)cc1. The van der Waals surface area contributed by atoms with Gasteiger partial charge in [0, 0.05) is 35.5 Å². The van der Waals surface area contributed by atoms with E-state index in [4.69, 9.17) is 9.15 Å². The molecule has 2 aromatic heterocycles. The zero-order valence-electron chi connectivity index (χ0n) is 17.9. The number of nitrogens with one attached hydrogen (secondary N) is 1. The maximum atomic E-state index is 13.4. The number of hydrogen-bond donors (Lipinski definition) is 1. The number of ether oxygens (including phenoxy) is 1. The van der Waals surface area contributed by atoms with Crippen molar-refractivity contribution in [1.29, 1.82) is 0 Å². The highest BCUT2D eigenvalue weighted by molar-refractivity contribution is 9.10. The Morgan fingerprint density at radius 3 is 2.55 bits per heavy atom. The molecule has 0 radical (unpaired) electrons. The largest absolute Gasteiger partial charge is 0.494 e. The summed E-state index contributed by atoms with van der Waals surface area (Å²) in [4.78, 5) is 8.53. The Morgan fingerprint density at radius 1 is 1.12 bits per heavy atom. The van der Waals surface area contributed by atoms with Crippen molar-refractivity contribution in [3.63, 3.8) is 0 Å². The van der Waals surface area contributed by atoms with E-state index < -0.39 is 9.84 Å². The molecule has 33 heavy (non-hydrogen) atoms. The van der Waals surface area contributed by atoms with Crippen molar-refractivity contribution in [2.75, 3.05) is 18.5 Å². The van der Waals surface area contributed by atoms with Crippen LogP contribution in [0.25, 0.3) is 11.5 Å². The lowest BCUT2D eigenvalue weighted by atomic mass is 10.2. The van der Waals surface area contributed by atoms with Crippen molar-refractivity contribution in [3.8, 4) is 17.2 Å². The molecular formula is C23H23BrN4O4S. The summed E-state index contributed by atoms with van der Waals surface area (Å²) < 4.78 is 40.8. The van der Waals surface area contributed by atoms with Crippen LogP contribution in [-0.2, 0) is 16.4 Å². The lowest BCUT2D eigenvalue weighted by Gasteiger charge is -2.07. The molecular weight excluding hydrogens is 508 g/mol. The Hall–Kier alpha value is -3.11. The Bertz CT molecular complexity index is 1290. The van der Waals surface area contributed by atoms with Crippen LogP contribution in [0.5, 0.6) is 5.75 Å². The Kier molecular flexibility index (Phi) is 7.14. The number of imidazole rings is 1. The summed E-state index contributed by atoms with van der Waals surface area (Å²) in [7, 11) is -3.90. The average Bonchev–Trinajstić information content (AvgIpc) is 3.48. The topological polar surface area (TPSA) is 99.2 Å². The number of oxazole rings is 1. The Morgan fingerprint density at radius 2 is 1.88 bits per heavy atom. The number of benzene rings is 2. The van der Waals surface area contributed by atoms with Crippen LogP contribution in [0.1, 0.15) is 13.3 Å². The molecule has 0 atom stereocenters. The molecule has 0 spiro atoms. The second-order valence-corrected chi connectivity index (χ2v) is 9.93. The van der Waals surface area contributed by atoms with Gasteiger partial charge in [-0.25, -0.2) is 13.4 Å². The van der Waals surface area contributed by atoms with Crippen LogP contribution in [0, 0.1) is 0 Å². The minimum atomic E-state index is -3.90. The van der Waals surface area contributed by atoms with E-state index in [0.29, 0.717) is 24.5 Å². The molecule has 2 aromatic carbocycles. The highest BCUT2D eigenvalue weighted by Gasteiger charge is 2.28. The molecule has 4 aromatic rings. The molecule has 4 rings (SSSR count).